The van der Waals surface area contributed by atoms with Crippen LogP contribution in [0, 0.1) is 0 Å². The molecule has 128 valence electrons. The summed E-state index contributed by atoms with van der Waals surface area (Å²) in [6.07, 6.45) is 0. The van der Waals surface area contributed by atoms with Gasteiger partial charge in [0.2, 0.25) is 0 Å². The van der Waals surface area contributed by atoms with Crippen LogP contribution >= 0.6 is 39.1 Å². The van der Waals surface area contributed by atoms with Gasteiger partial charge in [0.1, 0.15) is 0 Å². The number of benzene rings is 2. The van der Waals surface area contributed by atoms with E-state index in [1.54, 1.807) is 30.3 Å². The molecule has 0 aromatic heterocycles. The van der Waals surface area contributed by atoms with Gasteiger partial charge in [-0.05, 0) is 42.0 Å². The van der Waals surface area contributed by atoms with Crippen molar-refractivity contribution >= 4 is 62.4 Å². The Morgan fingerprint density at radius 2 is 2.00 bits per heavy atom. The predicted octanol–water partition coefficient (Wildman–Crippen LogP) is 4.57. The van der Waals surface area contributed by atoms with Crippen LogP contribution in [0.3, 0.4) is 0 Å². The van der Waals surface area contributed by atoms with E-state index in [1.165, 1.54) is 11.8 Å². The third-order valence-corrected chi connectivity index (χ3v) is 4.65. The van der Waals surface area contributed by atoms with Crippen LogP contribution in [0.15, 0.2) is 46.0 Å². The van der Waals surface area contributed by atoms with E-state index in [9.17, 15) is 9.59 Å². The molecule has 2 aromatic rings. The molecule has 1 aliphatic heterocycles. The Kier molecular flexibility index (Phi) is 5.13. The molecule has 5 nitrogen and oxygen atoms in total. The fourth-order valence-corrected chi connectivity index (χ4v) is 3.21. The lowest BCUT2D eigenvalue weighted by Crippen LogP contribution is -2.30. The van der Waals surface area contributed by atoms with Gasteiger partial charge >= 0.3 is 5.97 Å². The number of rotatable bonds is 3. The Morgan fingerprint density at radius 3 is 2.72 bits per heavy atom. The Bertz CT molecular complexity index is 915. The van der Waals surface area contributed by atoms with Crippen molar-refractivity contribution in [2.45, 2.75) is 13.5 Å². The quantitative estimate of drug-likeness (QED) is 0.517. The molecular formula is C17H11BrCl2N2O3. The molecule has 0 aliphatic carbocycles. The lowest BCUT2D eigenvalue weighted by molar-refractivity contribution is -0.140. The van der Waals surface area contributed by atoms with Gasteiger partial charge in [0.25, 0.3) is 5.91 Å². The molecule has 8 heteroatoms. The summed E-state index contributed by atoms with van der Waals surface area (Å²) >= 11 is 15.6. The van der Waals surface area contributed by atoms with Gasteiger partial charge in [0.15, 0.2) is 5.71 Å². The van der Waals surface area contributed by atoms with Crippen molar-refractivity contribution in [3.63, 3.8) is 0 Å². The van der Waals surface area contributed by atoms with Gasteiger partial charge < -0.3 is 9.74 Å². The molecule has 0 saturated heterocycles. The maximum absolute atomic E-state index is 12.8. The Balaban J connectivity index is 2.03. The third-order valence-electron chi connectivity index (χ3n) is 3.55. The van der Waals surface area contributed by atoms with Crippen LogP contribution in [0.4, 0.5) is 5.69 Å². The molecule has 2 aromatic carbocycles. The van der Waals surface area contributed by atoms with E-state index in [1.807, 2.05) is 6.07 Å². The van der Waals surface area contributed by atoms with Crippen molar-refractivity contribution in [3.8, 4) is 0 Å². The predicted molar refractivity (Wildman–Crippen MR) is 100 cm³/mol. The standard InChI is InChI=1S/C17H11BrCl2N2O3/c1-9(23)25-21-16-13-7-11(18)2-5-15(13)22(17(16)24)8-10-6-12(19)3-4-14(10)20/h2-7H,8H2,1H3/b21-16+. The van der Waals surface area contributed by atoms with Gasteiger partial charge in [-0.3, -0.25) is 4.79 Å². The molecule has 0 atom stereocenters. The smallest absolute Gasteiger partial charge is 0.318 e. The molecule has 0 spiro atoms. The van der Waals surface area contributed by atoms with Crippen molar-refractivity contribution < 1.29 is 14.4 Å². The number of carbonyl (C=O) groups excluding carboxylic acids is 2. The zero-order valence-electron chi connectivity index (χ0n) is 12.9. The minimum absolute atomic E-state index is 0.0599. The molecular weight excluding hydrogens is 431 g/mol. The Morgan fingerprint density at radius 1 is 1.24 bits per heavy atom. The number of hydrogen-bond donors (Lipinski definition) is 0. The van der Waals surface area contributed by atoms with Crippen LogP contribution in [-0.4, -0.2) is 17.6 Å². The largest absolute Gasteiger partial charge is 0.332 e. The molecule has 1 amide bonds. The Hall–Kier alpha value is -1.89. The van der Waals surface area contributed by atoms with Crippen molar-refractivity contribution in [2.24, 2.45) is 5.16 Å². The Labute approximate surface area is 162 Å². The van der Waals surface area contributed by atoms with E-state index in [4.69, 9.17) is 23.2 Å². The monoisotopic (exact) mass is 440 g/mol. The fraction of sp³-hybridized carbons (Fsp3) is 0.118. The normalized spacial score (nSPS) is 14.8. The van der Waals surface area contributed by atoms with E-state index >= 15 is 0 Å². The molecule has 0 radical (unpaired) electrons. The number of oxime groups is 1. The molecule has 0 N–H and O–H groups in total. The zero-order valence-corrected chi connectivity index (χ0v) is 16.0. The first-order chi connectivity index (χ1) is 11.9. The first-order valence-corrected chi connectivity index (χ1v) is 8.73. The first-order valence-electron chi connectivity index (χ1n) is 7.18. The molecule has 0 unspecified atom stereocenters. The average Bonchev–Trinajstić information content (AvgIpc) is 2.80. The average molecular weight is 442 g/mol. The minimum atomic E-state index is -0.604. The number of fused-ring (bicyclic) bond motifs is 1. The van der Waals surface area contributed by atoms with E-state index in [0.29, 0.717) is 26.9 Å². The minimum Gasteiger partial charge on any atom is -0.318 e. The highest BCUT2D eigenvalue weighted by Crippen LogP contribution is 2.34. The number of carbonyl (C=O) groups is 2. The van der Waals surface area contributed by atoms with Crippen molar-refractivity contribution in [1.29, 1.82) is 0 Å². The van der Waals surface area contributed by atoms with Gasteiger partial charge in [0.05, 0.1) is 12.2 Å². The van der Waals surface area contributed by atoms with E-state index < -0.39 is 5.97 Å². The van der Waals surface area contributed by atoms with Crippen LogP contribution in [0.5, 0.6) is 0 Å². The summed E-state index contributed by atoms with van der Waals surface area (Å²) in [5, 5.41) is 4.74. The van der Waals surface area contributed by atoms with Crippen molar-refractivity contribution in [2.75, 3.05) is 4.90 Å². The van der Waals surface area contributed by atoms with Gasteiger partial charge in [-0.15, -0.1) is 0 Å². The van der Waals surface area contributed by atoms with Crippen LogP contribution in [-0.2, 0) is 21.0 Å². The van der Waals surface area contributed by atoms with Crippen LogP contribution in [0.25, 0.3) is 0 Å². The number of halogens is 3. The third kappa shape index (κ3) is 3.71. The summed E-state index contributed by atoms with van der Waals surface area (Å²) in [5.41, 5.74) is 1.98. The fourth-order valence-electron chi connectivity index (χ4n) is 2.48. The van der Waals surface area contributed by atoms with Crippen molar-refractivity contribution in [1.82, 2.24) is 0 Å². The number of anilines is 1. The molecule has 3 rings (SSSR count). The lowest BCUT2D eigenvalue weighted by atomic mass is 10.1. The number of nitrogens with zero attached hydrogens (tertiary/aromatic N) is 2. The SMILES string of the molecule is CC(=O)O/N=C1/C(=O)N(Cc2cc(Cl)ccc2Cl)c2ccc(Br)cc21. The lowest BCUT2D eigenvalue weighted by Gasteiger charge is -2.18. The van der Waals surface area contributed by atoms with Crippen LogP contribution < -0.4 is 4.90 Å². The van der Waals surface area contributed by atoms with E-state index in [2.05, 4.69) is 25.9 Å². The maximum atomic E-state index is 12.8. The molecule has 1 aliphatic rings. The number of amides is 1. The molecule has 25 heavy (non-hydrogen) atoms. The highest BCUT2D eigenvalue weighted by Gasteiger charge is 2.35. The summed E-state index contributed by atoms with van der Waals surface area (Å²) in [6.45, 7) is 1.43. The molecule has 0 saturated carbocycles. The highest BCUT2D eigenvalue weighted by molar-refractivity contribution is 9.10. The van der Waals surface area contributed by atoms with Gasteiger partial charge in [0, 0.05) is 27.0 Å². The molecule has 1 heterocycles. The summed E-state index contributed by atoms with van der Waals surface area (Å²) in [4.78, 5) is 30.0. The zero-order chi connectivity index (χ0) is 18.1. The molecule has 0 bridgehead atoms. The van der Waals surface area contributed by atoms with E-state index in [-0.39, 0.29) is 18.2 Å². The summed E-state index contributed by atoms with van der Waals surface area (Å²) in [6, 6.07) is 10.4. The van der Waals surface area contributed by atoms with Gasteiger partial charge in [-0.2, -0.15) is 0 Å². The highest BCUT2D eigenvalue weighted by atomic mass is 79.9. The van der Waals surface area contributed by atoms with Gasteiger partial charge in [-0.25, -0.2) is 4.79 Å². The second-order valence-corrected chi connectivity index (χ2v) is 7.07. The van der Waals surface area contributed by atoms with Crippen LogP contribution in [0.1, 0.15) is 18.1 Å². The summed E-state index contributed by atoms with van der Waals surface area (Å²) < 4.78 is 0.775. The second-order valence-electron chi connectivity index (χ2n) is 5.31. The number of hydrogen-bond acceptors (Lipinski definition) is 4. The van der Waals surface area contributed by atoms with Crippen molar-refractivity contribution in [3.05, 3.63) is 62.0 Å². The summed E-state index contributed by atoms with van der Waals surface area (Å²) in [5.74, 6) is -0.987. The second kappa shape index (κ2) is 7.15. The first kappa shape index (κ1) is 17.9. The summed E-state index contributed by atoms with van der Waals surface area (Å²) in [7, 11) is 0. The van der Waals surface area contributed by atoms with Gasteiger partial charge in [-0.1, -0.05) is 44.3 Å². The molecule has 0 fully saturated rings. The van der Waals surface area contributed by atoms with E-state index in [0.717, 1.165) is 4.47 Å². The van der Waals surface area contributed by atoms with Crippen LogP contribution in [0.2, 0.25) is 10.0 Å². The maximum Gasteiger partial charge on any atom is 0.332 e. The topological polar surface area (TPSA) is 59.0 Å².